The molecule has 0 N–H and O–H groups in total. The van der Waals surface area contributed by atoms with Gasteiger partial charge in [-0.15, -0.1) is 0 Å². The van der Waals surface area contributed by atoms with Crippen LogP contribution in [0.5, 0.6) is 0 Å². The third-order valence-electron chi connectivity index (χ3n) is 3.29. The first kappa shape index (κ1) is 10.3. The van der Waals surface area contributed by atoms with Crippen LogP contribution in [0.1, 0.15) is 12.0 Å². The first-order chi connectivity index (χ1) is 7.93. The van der Waals surface area contributed by atoms with Crippen LogP contribution in [0.4, 0.5) is 0 Å². The van der Waals surface area contributed by atoms with Crippen LogP contribution in [0, 0.1) is 5.92 Å². The monoisotopic (exact) mass is 220 g/mol. The lowest BCUT2D eigenvalue weighted by Gasteiger charge is -2.15. The quantitative estimate of drug-likeness (QED) is 0.779. The average molecular weight is 220 g/mol. The van der Waals surface area contributed by atoms with Crippen molar-refractivity contribution in [2.24, 2.45) is 5.92 Å². The standard InChI is InChI=1S/C13H16O3/c1-2-4-10(5-3-1)8-15-12-9-16-13-11(12)6-7-14-13/h1-5,11-13H,6-9H2/t11-,12+,13+/m1/s1. The Morgan fingerprint density at radius 2 is 2.06 bits per heavy atom. The molecule has 1 aromatic carbocycles. The molecular formula is C13H16O3. The Kier molecular flexibility index (Phi) is 2.91. The first-order valence-electron chi connectivity index (χ1n) is 5.82. The van der Waals surface area contributed by atoms with Crippen molar-refractivity contribution in [3.05, 3.63) is 35.9 Å². The molecule has 0 bridgehead atoms. The molecule has 0 unspecified atom stereocenters. The maximum Gasteiger partial charge on any atom is 0.163 e. The van der Waals surface area contributed by atoms with Gasteiger partial charge in [0.15, 0.2) is 6.29 Å². The largest absolute Gasteiger partial charge is 0.371 e. The van der Waals surface area contributed by atoms with Gasteiger partial charge in [-0.3, -0.25) is 0 Å². The van der Waals surface area contributed by atoms with Gasteiger partial charge in [-0.2, -0.15) is 0 Å². The van der Waals surface area contributed by atoms with Crippen LogP contribution < -0.4 is 0 Å². The van der Waals surface area contributed by atoms with Crippen LogP contribution in [-0.4, -0.2) is 25.6 Å². The van der Waals surface area contributed by atoms with Crippen LogP contribution >= 0.6 is 0 Å². The predicted molar refractivity (Wildman–Crippen MR) is 58.8 cm³/mol. The second kappa shape index (κ2) is 4.53. The van der Waals surface area contributed by atoms with Gasteiger partial charge in [-0.25, -0.2) is 0 Å². The molecule has 0 aliphatic carbocycles. The Bertz CT molecular complexity index is 338. The van der Waals surface area contributed by atoms with E-state index in [-0.39, 0.29) is 12.4 Å². The van der Waals surface area contributed by atoms with Crippen LogP contribution in [0.15, 0.2) is 30.3 Å². The minimum absolute atomic E-state index is 0.0132. The maximum absolute atomic E-state index is 5.90. The summed E-state index contributed by atoms with van der Waals surface area (Å²) in [4.78, 5) is 0. The van der Waals surface area contributed by atoms with E-state index in [9.17, 15) is 0 Å². The second-order valence-corrected chi connectivity index (χ2v) is 4.36. The van der Waals surface area contributed by atoms with E-state index < -0.39 is 0 Å². The smallest absolute Gasteiger partial charge is 0.163 e. The fourth-order valence-electron chi connectivity index (χ4n) is 2.38. The average Bonchev–Trinajstić information content (AvgIpc) is 2.90. The highest BCUT2D eigenvalue weighted by atomic mass is 16.7. The van der Waals surface area contributed by atoms with Crippen LogP contribution in [-0.2, 0) is 20.8 Å². The molecule has 3 heteroatoms. The zero-order valence-corrected chi connectivity index (χ0v) is 9.17. The highest BCUT2D eigenvalue weighted by molar-refractivity contribution is 5.13. The van der Waals surface area contributed by atoms with Crippen molar-refractivity contribution in [2.75, 3.05) is 13.2 Å². The Morgan fingerprint density at radius 1 is 1.19 bits per heavy atom. The highest BCUT2D eigenvalue weighted by Crippen LogP contribution is 2.33. The van der Waals surface area contributed by atoms with Crippen molar-refractivity contribution in [2.45, 2.75) is 25.4 Å². The van der Waals surface area contributed by atoms with Gasteiger partial charge >= 0.3 is 0 Å². The third-order valence-corrected chi connectivity index (χ3v) is 3.29. The van der Waals surface area contributed by atoms with E-state index >= 15 is 0 Å². The SMILES string of the molecule is c1ccc(CO[C@H]2CO[C@@H]3OCC[C@@H]32)cc1. The molecular weight excluding hydrogens is 204 g/mol. The molecule has 2 saturated heterocycles. The number of hydrogen-bond acceptors (Lipinski definition) is 3. The van der Waals surface area contributed by atoms with Gasteiger partial charge in [0.05, 0.1) is 25.9 Å². The Morgan fingerprint density at radius 3 is 2.94 bits per heavy atom. The molecule has 0 aromatic heterocycles. The maximum atomic E-state index is 5.90. The molecule has 2 aliphatic rings. The van der Waals surface area contributed by atoms with Crippen LogP contribution in [0.2, 0.25) is 0 Å². The van der Waals surface area contributed by atoms with E-state index in [2.05, 4.69) is 12.1 Å². The molecule has 3 nitrogen and oxygen atoms in total. The van der Waals surface area contributed by atoms with E-state index in [1.807, 2.05) is 18.2 Å². The summed E-state index contributed by atoms with van der Waals surface area (Å²) in [5.41, 5.74) is 1.21. The number of rotatable bonds is 3. The normalized spacial score (nSPS) is 32.9. The summed E-state index contributed by atoms with van der Waals surface area (Å²) < 4.78 is 16.9. The summed E-state index contributed by atoms with van der Waals surface area (Å²) in [6.07, 6.45) is 1.25. The zero-order valence-electron chi connectivity index (χ0n) is 9.17. The molecule has 2 fully saturated rings. The van der Waals surface area contributed by atoms with Crippen molar-refractivity contribution in [1.29, 1.82) is 0 Å². The summed E-state index contributed by atoms with van der Waals surface area (Å²) in [7, 11) is 0. The van der Waals surface area contributed by atoms with E-state index in [1.165, 1.54) is 5.56 Å². The Hall–Kier alpha value is -0.900. The van der Waals surface area contributed by atoms with E-state index in [1.54, 1.807) is 0 Å². The minimum atomic E-state index is -0.0132. The topological polar surface area (TPSA) is 27.7 Å². The lowest BCUT2D eigenvalue weighted by atomic mass is 10.0. The predicted octanol–water partition coefficient (Wildman–Crippen LogP) is 1.96. The van der Waals surface area contributed by atoms with Crippen molar-refractivity contribution < 1.29 is 14.2 Å². The summed E-state index contributed by atoms with van der Waals surface area (Å²) in [5, 5.41) is 0. The van der Waals surface area contributed by atoms with E-state index in [0.29, 0.717) is 19.1 Å². The summed E-state index contributed by atoms with van der Waals surface area (Å²) >= 11 is 0. The zero-order chi connectivity index (χ0) is 10.8. The highest BCUT2D eigenvalue weighted by Gasteiger charge is 2.42. The van der Waals surface area contributed by atoms with Gasteiger partial charge in [0.25, 0.3) is 0 Å². The second-order valence-electron chi connectivity index (χ2n) is 4.36. The van der Waals surface area contributed by atoms with E-state index in [0.717, 1.165) is 13.0 Å². The molecule has 2 aliphatic heterocycles. The van der Waals surface area contributed by atoms with Crippen LogP contribution in [0.3, 0.4) is 0 Å². The summed E-state index contributed by atoms with van der Waals surface area (Å²) in [6, 6.07) is 10.2. The number of benzene rings is 1. The lowest BCUT2D eigenvalue weighted by molar-refractivity contribution is -0.0909. The van der Waals surface area contributed by atoms with E-state index in [4.69, 9.17) is 14.2 Å². The molecule has 86 valence electrons. The Labute approximate surface area is 95.3 Å². The van der Waals surface area contributed by atoms with Crippen LogP contribution in [0.25, 0.3) is 0 Å². The van der Waals surface area contributed by atoms with Crippen molar-refractivity contribution in [3.8, 4) is 0 Å². The molecule has 3 atom stereocenters. The molecule has 1 aromatic rings. The van der Waals surface area contributed by atoms with Gasteiger partial charge < -0.3 is 14.2 Å². The van der Waals surface area contributed by atoms with Crippen molar-refractivity contribution in [1.82, 2.24) is 0 Å². The van der Waals surface area contributed by atoms with Gasteiger partial charge in [0.1, 0.15) is 0 Å². The van der Waals surface area contributed by atoms with Gasteiger partial charge in [0, 0.05) is 5.92 Å². The van der Waals surface area contributed by atoms with Gasteiger partial charge in [-0.05, 0) is 12.0 Å². The molecule has 16 heavy (non-hydrogen) atoms. The Balaban J connectivity index is 1.56. The molecule has 0 amide bonds. The summed E-state index contributed by atoms with van der Waals surface area (Å²) in [5.74, 6) is 0.434. The van der Waals surface area contributed by atoms with Crippen molar-refractivity contribution >= 4 is 0 Å². The minimum Gasteiger partial charge on any atom is -0.371 e. The molecule has 0 spiro atoms. The fraction of sp³-hybridized carbons (Fsp3) is 0.538. The molecule has 3 rings (SSSR count). The van der Waals surface area contributed by atoms with Gasteiger partial charge in [0.2, 0.25) is 0 Å². The number of fused-ring (bicyclic) bond motifs is 1. The third kappa shape index (κ3) is 1.98. The number of ether oxygens (including phenoxy) is 3. The van der Waals surface area contributed by atoms with Gasteiger partial charge in [-0.1, -0.05) is 30.3 Å². The fourth-order valence-corrected chi connectivity index (χ4v) is 2.38. The first-order valence-corrected chi connectivity index (χ1v) is 5.82. The van der Waals surface area contributed by atoms with Crippen molar-refractivity contribution in [3.63, 3.8) is 0 Å². The molecule has 2 heterocycles. The molecule has 0 saturated carbocycles. The lowest BCUT2D eigenvalue weighted by Crippen LogP contribution is -2.23. The summed E-state index contributed by atoms with van der Waals surface area (Å²) in [6.45, 7) is 2.14. The number of hydrogen-bond donors (Lipinski definition) is 0. The molecule has 0 radical (unpaired) electrons.